The number of nitrogens with zero attached hydrogens (tertiary/aromatic N) is 4. The summed E-state index contributed by atoms with van der Waals surface area (Å²) in [6.07, 6.45) is 0.915. The van der Waals surface area contributed by atoms with Gasteiger partial charge in [-0.3, -0.25) is 24.3 Å². The van der Waals surface area contributed by atoms with Gasteiger partial charge >= 0.3 is 0 Å². The van der Waals surface area contributed by atoms with E-state index in [0.29, 0.717) is 63.7 Å². The molecule has 0 aromatic heterocycles. The summed E-state index contributed by atoms with van der Waals surface area (Å²) in [6.45, 7) is 3.69. The third-order valence-corrected chi connectivity index (χ3v) is 10.8. The lowest BCUT2D eigenvalue weighted by Crippen LogP contribution is -2.69. The number of methoxy groups -OCH3 is 2. The van der Waals surface area contributed by atoms with Crippen LogP contribution < -0.4 is 18.9 Å². The van der Waals surface area contributed by atoms with Gasteiger partial charge in [-0.05, 0) is 57.0 Å². The summed E-state index contributed by atoms with van der Waals surface area (Å²) in [5, 5.41) is 22.7. The van der Waals surface area contributed by atoms with Gasteiger partial charge in [0.05, 0.1) is 36.4 Å². The van der Waals surface area contributed by atoms with Crippen molar-refractivity contribution < 1.29 is 38.4 Å². The highest BCUT2D eigenvalue weighted by Gasteiger charge is 2.57. The van der Waals surface area contributed by atoms with Crippen molar-refractivity contribution in [2.75, 3.05) is 41.4 Å². The molecule has 0 radical (unpaired) electrons. The summed E-state index contributed by atoms with van der Waals surface area (Å²) in [5.41, 5.74) is 5.42. The molecule has 12 heteroatoms. The van der Waals surface area contributed by atoms with E-state index in [9.17, 15) is 20.0 Å². The summed E-state index contributed by atoms with van der Waals surface area (Å²) in [6, 6.07) is 9.25. The average molecular weight is 653 g/mol. The number of ether oxygens (including phenoxy) is 5. The first-order valence-corrected chi connectivity index (χ1v) is 16.0. The van der Waals surface area contributed by atoms with Crippen LogP contribution in [0.5, 0.6) is 28.7 Å². The molecular weight excluding hydrogens is 616 g/mol. The number of rotatable bonds is 6. The van der Waals surface area contributed by atoms with Gasteiger partial charge in [0.2, 0.25) is 6.79 Å². The zero-order valence-corrected chi connectivity index (χ0v) is 27.4. The van der Waals surface area contributed by atoms with Crippen LogP contribution >= 0.6 is 0 Å². The number of aromatic hydroxyl groups is 1. The van der Waals surface area contributed by atoms with Crippen molar-refractivity contribution in [1.29, 1.82) is 5.26 Å². The molecule has 0 aliphatic carbocycles. The lowest BCUT2D eigenvalue weighted by atomic mass is 9.71. The Labute approximate surface area is 277 Å². The number of aryl methyl sites for hydroxylation is 1. The Morgan fingerprint density at radius 2 is 1.71 bits per heavy atom. The van der Waals surface area contributed by atoms with Crippen LogP contribution in [0.2, 0.25) is 0 Å². The van der Waals surface area contributed by atoms with Gasteiger partial charge in [-0.25, -0.2) is 0 Å². The molecule has 5 heterocycles. The number of amides is 2. The van der Waals surface area contributed by atoms with E-state index in [2.05, 4.69) is 21.9 Å². The largest absolute Gasteiger partial charge is 0.507 e. The maximum absolute atomic E-state index is 13.8. The van der Waals surface area contributed by atoms with Crippen LogP contribution in [-0.4, -0.2) is 91.1 Å². The van der Waals surface area contributed by atoms with Gasteiger partial charge in [0, 0.05) is 48.0 Å². The maximum Gasteiger partial charge on any atom is 0.261 e. The highest BCUT2D eigenvalue weighted by atomic mass is 16.7. The fourth-order valence-electron chi connectivity index (χ4n) is 8.84. The number of carbonyl (C=O) groups excluding carboxylic acids is 2. The van der Waals surface area contributed by atoms with Gasteiger partial charge in [0.25, 0.3) is 11.8 Å². The van der Waals surface area contributed by atoms with Crippen molar-refractivity contribution in [1.82, 2.24) is 14.7 Å². The number of carbonyl (C=O) groups is 2. The third-order valence-electron chi connectivity index (χ3n) is 10.8. The van der Waals surface area contributed by atoms with Crippen LogP contribution in [0, 0.1) is 25.2 Å². The Bertz CT molecular complexity index is 1900. The molecule has 5 aliphatic rings. The Hall–Kier alpha value is -4.83. The molecular formula is C36H36N4O8. The number of phenols is 1. The molecule has 0 spiro atoms. The van der Waals surface area contributed by atoms with Crippen molar-refractivity contribution in [3.8, 4) is 34.8 Å². The summed E-state index contributed by atoms with van der Waals surface area (Å²) in [7, 11) is 5.20. The van der Waals surface area contributed by atoms with Crippen LogP contribution in [0.25, 0.3) is 0 Å². The standard InChI is InChI=1S/C36H36N4O8/c1-17-10-19-11-23-25(13-37)40-24(29(38(23)3)27(19)33(31(17)45-5)46-15-44-4)12-22-28(34-32(47-16-48-34)18(2)30(22)41)26(40)14-39-35(42)20-8-6-7-9-21(20)36(39)43/h6-10,23-26,29,41H,11-12,14-16H2,1-5H3/t23?,24?,25?,26-,29?/m0/s1. The van der Waals surface area contributed by atoms with Crippen LogP contribution in [0.4, 0.5) is 0 Å². The lowest BCUT2D eigenvalue weighted by molar-refractivity contribution is -0.0766. The zero-order chi connectivity index (χ0) is 33.6. The first-order valence-electron chi connectivity index (χ1n) is 16.0. The number of likely N-dealkylation sites (N-methyl/N-ethyl adjacent to an activating group) is 1. The Morgan fingerprint density at radius 1 is 1.00 bits per heavy atom. The number of hydrogen-bond donors (Lipinski definition) is 1. The summed E-state index contributed by atoms with van der Waals surface area (Å²) >= 11 is 0. The Balaban J connectivity index is 1.35. The SMILES string of the molecule is COCOc1c(OC)c(C)cc2c1C1C3Cc4c(O)c(C)c5c(c4[C@H](CN4C(=O)c6ccccc6C4=O)N3C(C#N)C(C2)N1C)OCO5. The zero-order valence-electron chi connectivity index (χ0n) is 27.4. The molecule has 8 rings (SSSR count). The number of imide groups is 1. The minimum atomic E-state index is -0.691. The highest BCUT2D eigenvalue weighted by Crippen LogP contribution is 2.58. The minimum absolute atomic E-state index is 0.00990. The lowest BCUT2D eigenvalue weighted by Gasteiger charge is -2.60. The maximum atomic E-state index is 13.8. The molecule has 1 fully saturated rings. The first-order chi connectivity index (χ1) is 23.2. The van der Waals surface area contributed by atoms with Gasteiger partial charge in [-0.2, -0.15) is 5.26 Å². The van der Waals surface area contributed by atoms with Crippen LogP contribution in [0.15, 0.2) is 30.3 Å². The molecule has 3 aromatic carbocycles. The van der Waals surface area contributed by atoms with Crippen molar-refractivity contribution in [2.45, 2.75) is 56.9 Å². The van der Waals surface area contributed by atoms with Gasteiger partial charge in [-0.1, -0.05) is 18.2 Å². The van der Waals surface area contributed by atoms with E-state index in [0.717, 1.165) is 16.7 Å². The first kappa shape index (κ1) is 30.5. The van der Waals surface area contributed by atoms with Crippen LogP contribution in [0.3, 0.4) is 0 Å². The number of nitriles is 1. The van der Waals surface area contributed by atoms with E-state index in [1.54, 1.807) is 45.4 Å². The Kier molecular flexibility index (Phi) is 7.07. The summed E-state index contributed by atoms with van der Waals surface area (Å²) < 4.78 is 29.4. The van der Waals surface area contributed by atoms with Gasteiger partial charge in [0.15, 0.2) is 29.8 Å². The topological polar surface area (TPSA) is 134 Å². The predicted octanol–water partition coefficient (Wildman–Crippen LogP) is 3.80. The molecule has 1 saturated heterocycles. The quantitative estimate of drug-likeness (QED) is 0.308. The monoisotopic (exact) mass is 652 g/mol. The molecule has 12 nitrogen and oxygen atoms in total. The second-order valence-corrected chi connectivity index (χ2v) is 13.1. The van der Waals surface area contributed by atoms with E-state index < -0.39 is 23.9 Å². The third kappa shape index (κ3) is 4.04. The van der Waals surface area contributed by atoms with Crippen molar-refractivity contribution in [2.24, 2.45) is 0 Å². The normalized spacial score (nSPS) is 25.2. The van der Waals surface area contributed by atoms with Crippen molar-refractivity contribution >= 4 is 11.8 Å². The number of piperazine rings is 1. The fraction of sp³-hybridized carbons (Fsp3) is 0.417. The number of fused-ring (bicyclic) bond motifs is 10. The van der Waals surface area contributed by atoms with Crippen LogP contribution in [0.1, 0.15) is 66.2 Å². The number of hydrogen-bond acceptors (Lipinski definition) is 11. The highest BCUT2D eigenvalue weighted by molar-refractivity contribution is 6.21. The summed E-state index contributed by atoms with van der Waals surface area (Å²) in [4.78, 5) is 33.2. The molecule has 5 aliphatic heterocycles. The van der Waals surface area contributed by atoms with Gasteiger partial charge < -0.3 is 28.8 Å². The van der Waals surface area contributed by atoms with Crippen LogP contribution in [-0.2, 0) is 17.6 Å². The summed E-state index contributed by atoms with van der Waals surface area (Å²) in [5.74, 6) is 1.37. The second-order valence-electron chi connectivity index (χ2n) is 13.1. The molecule has 248 valence electrons. The van der Waals surface area contributed by atoms with Gasteiger partial charge in [-0.15, -0.1) is 0 Å². The Morgan fingerprint density at radius 3 is 2.38 bits per heavy atom. The molecule has 1 N–H and O–H groups in total. The molecule has 2 amide bonds. The van der Waals surface area contributed by atoms with Crippen molar-refractivity contribution in [3.05, 3.63) is 74.8 Å². The minimum Gasteiger partial charge on any atom is -0.507 e. The second kappa shape index (κ2) is 11.1. The predicted molar refractivity (Wildman–Crippen MR) is 170 cm³/mol. The number of phenolic OH excluding ortho intramolecular Hbond substituents is 1. The molecule has 2 bridgehead atoms. The molecule has 4 unspecified atom stereocenters. The smallest absolute Gasteiger partial charge is 0.261 e. The van der Waals surface area contributed by atoms with E-state index in [1.807, 2.05) is 14.0 Å². The van der Waals surface area contributed by atoms with Crippen molar-refractivity contribution in [3.63, 3.8) is 0 Å². The van der Waals surface area contributed by atoms with E-state index in [1.165, 1.54) is 4.90 Å². The van der Waals surface area contributed by atoms with Gasteiger partial charge in [0.1, 0.15) is 11.8 Å². The molecule has 48 heavy (non-hydrogen) atoms. The molecule has 5 atom stereocenters. The fourth-order valence-corrected chi connectivity index (χ4v) is 8.84. The van der Waals surface area contributed by atoms with E-state index >= 15 is 0 Å². The van der Waals surface area contributed by atoms with E-state index in [-0.39, 0.29) is 44.0 Å². The molecule has 3 aromatic rings. The average Bonchev–Trinajstić information content (AvgIpc) is 3.66. The molecule has 0 saturated carbocycles. The van der Waals surface area contributed by atoms with E-state index in [4.69, 9.17) is 23.7 Å². The number of benzene rings is 3.